The summed E-state index contributed by atoms with van der Waals surface area (Å²) in [5.41, 5.74) is 7.94. The number of pyridine rings is 1. The number of benzene rings is 3. The van der Waals surface area contributed by atoms with Gasteiger partial charge in [0.15, 0.2) is 5.82 Å². The molecule has 1 heterocycles. The van der Waals surface area contributed by atoms with Crippen LogP contribution >= 0.6 is 0 Å². The van der Waals surface area contributed by atoms with E-state index in [1.165, 1.54) is 30.5 Å². The maximum absolute atomic E-state index is 14.8. The van der Waals surface area contributed by atoms with Crippen LogP contribution in [0.25, 0.3) is 0 Å². The maximum atomic E-state index is 14.8. The molecular formula is C26H22FN3O3. The molecule has 3 aromatic carbocycles. The Morgan fingerprint density at radius 2 is 1.36 bits per heavy atom. The van der Waals surface area contributed by atoms with Crippen LogP contribution in [-0.4, -0.2) is 10.9 Å². The molecule has 6 nitrogen and oxygen atoms in total. The second kappa shape index (κ2) is 10.3. The second-order valence-electron chi connectivity index (χ2n) is 7.28. The van der Waals surface area contributed by atoms with Gasteiger partial charge in [-0.3, -0.25) is 4.79 Å². The van der Waals surface area contributed by atoms with Crippen molar-refractivity contribution in [3.8, 4) is 11.5 Å². The Hall–Kier alpha value is -4.39. The first-order valence-corrected chi connectivity index (χ1v) is 10.3. The molecule has 1 amide bonds. The number of nitrogens with zero attached hydrogens (tertiary/aromatic N) is 2. The monoisotopic (exact) mass is 443 g/mol. The Morgan fingerprint density at radius 1 is 0.818 bits per heavy atom. The van der Waals surface area contributed by atoms with Gasteiger partial charge < -0.3 is 15.2 Å². The highest BCUT2D eigenvalue weighted by atomic mass is 19.2. The second-order valence-corrected chi connectivity index (χ2v) is 7.28. The lowest BCUT2D eigenvalue weighted by Crippen LogP contribution is -2.23. The van der Waals surface area contributed by atoms with Crippen molar-refractivity contribution >= 4 is 17.4 Å². The molecule has 166 valence electrons. The molecule has 0 aliphatic heterocycles. The molecule has 0 atom stereocenters. The van der Waals surface area contributed by atoms with Crippen molar-refractivity contribution in [1.29, 1.82) is 0 Å². The highest BCUT2D eigenvalue weighted by Crippen LogP contribution is 2.27. The fourth-order valence-corrected chi connectivity index (χ4v) is 3.07. The summed E-state index contributed by atoms with van der Waals surface area (Å²) in [7, 11) is 0. The molecule has 0 unspecified atom stereocenters. The lowest BCUT2D eigenvalue weighted by Gasteiger charge is -2.15. The van der Waals surface area contributed by atoms with Crippen LogP contribution in [0.3, 0.4) is 0 Å². The number of rotatable bonds is 8. The summed E-state index contributed by atoms with van der Waals surface area (Å²) in [6.45, 7) is 0.574. The number of anilines is 2. The van der Waals surface area contributed by atoms with E-state index in [4.69, 9.17) is 15.2 Å². The van der Waals surface area contributed by atoms with Crippen molar-refractivity contribution in [3.05, 3.63) is 114 Å². The molecule has 4 rings (SSSR count). The largest absolute Gasteiger partial charge is 0.489 e. The minimum atomic E-state index is -0.901. The molecule has 0 radical (unpaired) electrons. The SMILES string of the molecule is Nc1ccc(N(F)C(=O)c2cc(OCc3ccccc3)cc(OCc3ccccc3)c2)nc1. The number of ether oxygens (including phenoxy) is 2. The van der Waals surface area contributed by atoms with E-state index >= 15 is 0 Å². The third kappa shape index (κ3) is 5.86. The van der Waals surface area contributed by atoms with Crippen LogP contribution in [0.15, 0.2) is 97.2 Å². The van der Waals surface area contributed by atoms with Gasteiger partial charge in [0.25, 0.3) is 5.91 Å². The molecule has 1 aromatic heterocycles. The maximum Gasteiger partial charge on any atom is 0.288 e. The third-order valence-corrected chi connectivity index (χ3v) is 4.77. The highest BCUT2D eigenvalue weighted by molar-refractivity contribution is 6.04. The van der Waals surface area contributed by atoms with Gasteiger partial charge in [-0.1, -0.05) is 65.1 Å². The van der Waals surface area contributed by atoms with Crippen LogP contribution in [0.4, 0.5) is 16.0 Å². The predicted octanol–water partition coefficient (Wildman–Crippen LogP) is 5.35. The minimum absolute atomic E-state index is 0.0310. The molecule has 0 aliphatic carbocycles. The molecule has 0 fully saturated rings. The minimum Gasteiger partial charge on any atom is -0.489 e. The number of halogens is 1. The van der Waals surface area contributed by atoms with Crippen LogP contribution in [-0.2, 0) is 13.2 Å². The number of nitrogens with two attached hydrogens (primary N) is 1. The third-order valence-electron chi connectivity index (χ3n) is 4.77. The molecule has 0 bridgehead atoms. The van der Waals surface area contributed by atoms with Crippen molar-refractivity contribution in [2.45, 2.75) is 13.2 Å². The van der Waals surface area contributed by atoms with E-state index in [1.54, 1.807) is 6.07 Å². The average Bonchev–Trinajstić information content (AvgIpc) is 2.87. The van der Waals surface area contributed by atoms with E-state index in [0.29, 0.717) is 17.2 Å². The highest BCUT2D eigenvalue weighted by Gasteiger charge is 2.21. The summed E-state index contributed by atoms with van der Waals surface area (Å²) in [4.78, 5) is 16.7. The number of nitrogen functional groups attached to an aromatic ring is 1. The summed E-state index contributed by atoms with van der Waals surface area (Å²) >= 11 is 0. The molecular weight excluding hydrogens is 421 g/mol. The van der Waals surface area contributed by atoms with Gasteiger partial charge in [0.05, 0.1) is 11.9 Å². The predicted molar refractivity (Wildman–Crippen MR) is 125 cm³/mol. The van der Waals surface area contributed by atoms with Gasteiger partial charge in [0, 0.05) is 11.6 Å². The van der Waals surface area contributed by atoms with Crippen molar-refractivity contribution in [2.75, 3.05) is 10.9 Å². The van der Waals surface area contributed by atoms with Crippen LogP contribution < -0.4 is 20.3 Å². The Labute approximate surface area is 191 Å². The summed E-state index contributed by atoms with van der Waals surface area (Å²) in [6.07, 6.45) is 1.28. The molecule has 33 heavy (non-hydrogen) atoms. The zero-order chi connectivity index (χ0) is 23.0. The van der Waals surface area contributed by atoms with Crippen LogP contribution in [0.5, 0.6) is 11.5 Å². The molecule has 0 aliphatic rings. The molecule has 0 saturated heterocycles. The van der Waals surface area contributed by atoms with E-state index in [9.17, 15) is 9.28 Å². The van der Waals surface area contributed by atoms with E-state index < -0.39 is 5.91 Å². The number of hydrogen-bond acceptors (Lipinski definition) is 5. The summed E-state index contributed by atoms with van der Waals surface area (Å²) in [5.74, 6) is -0.309. The summed E-state index contributed by atoms with van der Waals surface area (Å²) in [6, 6.07) is 26.6. The van der Waals surface area contributed by atoms with Gasteiger partial charge in [-0.05, 0) is 35.4 Å². The van der Waals surface area contributed by atoms with Crippen LogP contribution in [0.1, 0.15) is 21.5 Å². The smallest absolute Gasteiger partial charge is 0.288 e. The fourth-order valence-electron chi connectivity index (χ4n) is 3.07. The first-order chi connectivity index (χ1) is 16.1. The van der Waals surface area contributed by atoms with E-state index in [0.717, 1.165) is 11.1 Å². The summed E-state index contributed by atoms with van der Waals surface area (Å²) in [5, 5.41) is -0.0310. The van der Waals surface area contributed by atoms with Crippen molar-refractivity contribution in [3.63, 3.8) is 0 Å². The first kappa shape index (κ1) is 21.8. The Bertz CT molecular complexity index is 1140. The standard InChI is InChI=1S/C26H22FN3O3/c27-30(25-12-11-22(28)16-29-25)26(31)21-13-23(32-17-19-7-3-1-4-8-19)15-24(14-21)33-18-20-9-5-2-6-10-20/h1-16H,17-18,28H2. The van der Waals surface area contributed by atoms with Gasteiger partial charge in [-0.2, -0.15) is 0 Å². The molecule has 7 heteroatoms. The number of hydrogen-bond donors (Lipinski definition) is 1. The Morgan fingerprint density at radius 3 is 1.85 bits per heavy atom. The topological polar surface area (TPSA) is 77.7 Å². The lowest BCUT2D eigenvalue weighted by molar-refractivity contribution is 0.0929. The fraction of sp³-hybridized carbons (Fsp3) is 0.0769. The zero-order valence-corrected chi connectivity index (χ0v) is 17.7. The van der Waals surface area contributed by atoms with E-state index in [-0.39, 0.29) is 29.7 Å². The van der Waals surface area contributed by atoms with Crippen molar-refractivity contribution in [1.82, 2.24) is 4.98 Å². The van der Waals surface area contributed by atoms with Gasteiger partial charge in [0.2, 0.25) is 0 Å². The first-order valence-electron chi connectivity index (χ1n) is 10.3. The normalized spacial score (nSPS) is 10.5. The molecule has 0 saturated carbocycles. The quantitative estimate of drug-likeness (QED) is 0.371. The molecule has 4 aromatic rings. The lowest BCUT2D eigenvalue weighted by atomic mass is 10.1. The number of carbonyl (C=O) groups excluding carboxylic acids is 1. The van der Waals surface area contributed by atoms with E-state index in [2.05, 4.69) is 4.98 Å². The van der Waals surface area contributed by atoms with Gasteiger partial charge in [0.1, 0.15) is 24.7 Å². The van der Waals surface area contributed by atoms with Gasteiger partial charge in [-0.25, -0.2) is 4.98 Å². The van der Waals surface area contributed by atoms with Crippen molar-refractivity contribution < 1.29 is 18.7 Å². The molecule has 2 N–H and O–H groups in total. The van der Waals surface area contributed by atoms with Crippen molar-refractivity contribution in [2.24, 2.45) is 0 Å². The molecule has 0 spiro atoms. The average molecular weight is 443 g/mol. The summed E-state index contributed by atoms with van der Waals surface area (Å²) < 4.78 is 26.6. The van der Waals surface area contributed by atoms with Crippen LogP contribution in [0, 0.1) is 0 Å². The number of aromatic nitrogens is 1. The Kier molecular flexibility index (Phi) is 6.80. The number of amides is 1. The van der Waals surface area contributed by atoms with Crippen LogP contribution in [0.2, 0.25) is 0 Å². The Balaban J connectivity index is 1.58. The van der Waals surface area contributed by atoms with Gasteiger partial charge >= 0.3 is 0 Å². The number of carbonyl (C=O) groups is 1. The zero-order valence-electron chi connectivity index (χ0n) is 17.7. The van der Waals surface area contributed by atoms with Gasteiger partial charge in [-0.15, -0.1) is 5.12 Å². The van der Waals surface area contributed by atoms with E-state index in [1.807, 2.05) is 60.7 Å².